The van der Waals surface area contributed by atoms with Crippen LogP contribution in [0.3, 0.4) is 0 Å². The molecule has 0 aliphatic carbocycles. The highest BCUT2D eigenvalue weighted by Crippen LogP contribution is 2.27. The lowest BCUT2D eigenvalue weighted by atomic mass is 9.98. The number of rotatable bonds is 7. The van der Waals surface area contributed by atoms with E-state index in [0.29, 0.717) is 17.4 Å². The third-order valence-electron chi connectivity index (χ3n) is 3.34. The van der Waals surface area contributed by atoms with E-state index in [1.165, 1.54) is 11.3 Å². The Morgan fingerprint density at radius 2 is 1.65 bits per heavy atom. The Morgan fingerprint density at radius 1 is 1.04 bits per heavy atom. The minimum absolute atomic E-state index is 0.0767. The maximum absolute atomic E-state index is 12.0. The summed E-state index contributed by atoms with van der Waals surface area (Å²) in [6.07, 6.45) is 0.164. The van der Waals surface area contributed by atoms with Gasteiger partial charge in [0.1, 0.15) is 10.8 Å². The van der Waals surface area contributed by atoms with E-state index in [2.05, 4.69) is 20.8 Å². The first-order valence-corrected chi connectivity index (χ1v) is 9.26. The molecule has 0 fully saturated rings. The van der Waals surface area contributed by atoms with Gasteiger partial charge in [0.25, 0.3) is 0 Å². The normalized spacial score (nSPS) is 11.1. The molecule has 0 atom stereocenters. The zero-order chi connectivity index (χ0) is 19.2. The van der Waals surface area contributed by atoms with Gasteiger partial charge < -0.3 is 15.4 Å². The molecule has 2 amide bonds. The molecular weight excluding hydrogens is 352 g/mol. The molecule has 1 aromatic heterocycles. The van der Waals surface area contributed by atoms with E-state index in [9.17, 15) is 9.59 Å². The van der Waals surface area contributed by atoms with Gasteiger partial charge in [-0.25, -0.2) is 0 Å². The lowest BCUT2D eigenvalue weighted by molar-refractivity contribution is -0.121. The highest BCUT2D eigenvalue weighted by atomic mass is 32.1. The van der Waals surface area contributed by atoms with Crippen LogP contribution in [0.1, 0.15) is 45.5 Å². The van der Waals surface area contributed by atoms with E-state index in [0.717, 1.165) is 10.8 Å². The van der Waals surface area contributed by atoms with Crippen molar-refractivity contribution in [2.24, 2.45) is 0 Å². The van der Waals surface area contributed by atoms with Crippen molar-refractivity contribution in [2.75, 3.05) is 17.2 Å². The van der Waals surface area contributed by atoms with Crippen LogP contribution >= 0.6 is 11.3 Å². The fourth-order valence-corrected chi connectivity index (χ4v) is 2.83. The molecule has 0 aliphatic heterocycles. The number of carbonyl (C=O) groups is 2. The van der Waals surface area contributed by atoms with Gasteiger partial charge in [-0.2, -0.15) is 0 Å². The van der Waals surface area contributed by atoms with Crippen LogP contribution in [-0.4, -0.2) is 28.6 Å². The number of aromatic nitrogens is 2. The van der Waals surface area contributed by atoms with Crippen LogP contribution in [0.5, 0.6) is 5.75 Å². The monoisotopic (exact) mass is 376 g/mol. The topological polar surface area (TPSA) is 93.2 Å². The van der Waals surface area contributed by atoms with E-state index in [-0.39, 0.29) is 30.1 Å². The second-order valence-corrected chi connectivity index (χ2v) is 7.69. The minimum Gasteiger partial charge on any atom is -0.494 e. The fourth-order valence-electron chi connectivity index (χ4n) is 2.01. The summed E-state index contributed by atoms with van der Waals surface area (Å²) >= 11 is 1.34. The summed E-state index contributed by atoms with van der Waals surface area (Å²) < 4.78 is 5.35. The number of nitrogens with zero attached hydrogens (tertiary/aromatic N) is 2. The molecule has 0 bridgehead atoms. The lowest BCUT2D eigenvalue weighted by Crippen LogP contribution is -2.17. The van der Waals surface area contributed by atoms with Crippen molar-refractivity contribution in [3.63, 3.8) is 0 Å². The molecule has 2 rings (SSSR count). The fraction of sp³-hybridized carbons (Fsp3) is 0.444. The van der Waals surface area contributed by atoms with Crippen molar-refractivity contribution < 1.29 is 14.3 Å². The summed E-state index contributed by atoms with van der Waals surface area (Å²) in [4.78, 5) is 23.9. The second-order valence-electron chi connectivity index (χ2n) is 6.72. The van der Waals surface area contributed by atoms with Crippen LogP contribution in [-0.2, 0) is 15.0 Å². The highest BCUT2D eigenvalue weighted by molar-refractivity contribution is 7.15. The van der Waals surface area contributed by atoms with Crippen molar-refractivity contribution in [3.05, 3.63) is 29.3 Å². The summed E-state index contributed by atoms with van der Waals surface area (Å²) in [5, 5.41) is 14.8. The molecule has 0 saturated heterocycles. The third-order valence-corrected chi connectivity index (χ3v) is 4.61. The number of amides is 2. The molecule has 0 spiro atoms. The number of ether oxygens (including phenoxy) is 1. The smallest absolute Gasteiger partial charge is 0.226 e. The van der Waals surface area contributed by atoms with Crippen molar-refractivity contribution in [1.29, 1.82) is 0 Å². The SMILES string of the molecule is CCOc1ccc(NC(=O)CCC(=O)Nc2nnc(C(C)(C)C)s2)cc1. The second kappa shape index (κ2) is 8.75. The van der Waals surface area contributed by atoms with Crippen molar-refractivity contribution in [2.45, 2.75) is 46.0 Å². The maximum Gasteiger partial charge on any atom is 0.226 e. The van der Waals surface area contributed by atoms with Gasteiger partial charge in [0.2, 0.25) is 16.9 Å². The predicted octanol–water partition coefficient (Wildman–Crippen LogP) is 3.59. The first kappa shape index (κ1) is 19.8. The first-order valence-electron chi connectivity index (χ1n) is 8.44. The predicted molar refractivity (Wildman–Crippen MR) is 103 cm³/mol. The summed E-state index contributed by atoms with van der Waals surface area (Å²) in [6, 6.07) is 7.10. The van der Waals surface area contributed by atoms with Gasteiger partial charge in [-0.15, -0.1) is 10.2 Å². The van der Waals surface area contributed by atoms with Gasteiger partial charge in [0.05, 0.1) is 6.61 Å². The molecule has 2 N–H and O–H groups in total. The van der Waals surface area contributed by atoms with Crippen LogP contribution in [0.4, 0.5) is 10.8 Å². The number of hydrogen-bond acceptors (Lipinski definition) is 6. The molecule has 140 valence electrons. The lowest BCUT2D eigenvalue weighted by Gasteiger charge is -2.12. The summed E-state index contributed by atoms with van der Waals surface area (Å²) in [5.74, 6) is 0.261. The van der Waals surface area contributed by atoms with Crippen molar-refractivity contribution in [3.8, 4) is 5.75 Å². The number of anilines is 2. The molecular formula is C18H24N4O3S. The summed E-state index contributed by atoms with van der Waals surface area (Å²) in [6.45, 7) is 8.60. The van der Waals surface area contributed by atoms with Crippen LogP contribution in [0.15, 0.2) is 24.3 Å². The average Bonchev–Trinajstić information content (AvgIpc) is 3.04. The molecule has 0 unspecified atom stereocenters. The standard InChI is InChI=1S/C18H24N4O3S/c1-5-25-13-8-6-12(7-9-13)19-14(23)10-11-15(24)20-17-22-21-16(26-17)18(2,3)4/h6-9H,5,10-11H2,1-4H3,(H,19,23)(H,20,22,24). The van der Waals surface area contributed by atoms with Crippen LogP contribution < -0.4 is 15.4 Å². The van der Waals surface area contributed by atoms with Gasteiger partial charge in [-0.1, -0.05) is 32.1 Å². The number of hydrogen-bond donors (Lipinski definition) is 2. The van der Waals surface area contributed by atoms with E-state index in [1.54, 1.807) is 24.3 Å². The number of benzene rings is 1. The number of nitrogens with one attached hydrogen (secondary N) is 2. The Balaban J connectivity index is 1.77. The molecule has 1 heterocycles. The van der Waals surface area contributed by atoms with E-state index in [1.807, 2.05) is 27.7 Å². The molecule has 8 heteroatoms. The molecule has 0 aliphatic rings. The molecule has 0 radical (unpaired) electrons. The number of carbonyl (C=O) groups excluding carboxylic acids is 2. The van der Waals surface area contributed by atoms with E-state index in [4.69, 9.17) is 4.74 Å². The Kier molecular flexibility index (Phi) is 6.68. The largest absolute Gasteiger partial charge is 0.494 e. The average molecular weight is 376 g/mol. The Bertz CT molecular complexity index is 751. The summed E-state index contributed by atoms with van der Waals surface area (Å²) in [7, 11) is 0. The zero-order valence-corrected chi connectivity index (χ0v) is 16.3. The van der Waals surface area contributed by atoms with Crippen LogP contribution in [0.25, 0.3) is 0 Å². The Morgan fingerprint density at radius 3 is 2.19 bits per heavy atom. The highest BCUT2D eigenvalue weighted by Gasteiger charge is 2.20. The molecule has 7 nitrogen and oxygen atoms in total. The summed E-state index contributed by atoms with van der Waals surface area (Å²) in [5.41, 5.74) is 0.552. The van der Waals surface area contributed by atoms with Crippen molar-refractivity contribution in [1.82, 2.24) is 10.2 Å². The van der Waals surface area contributed by atoms with Gasteiger partial charge in [-0.3, -0.25) is 9.59 Å². The van der Waals surface area contributed by atoms with Gasteiger partial charge in [0.15, 0.2) is 0 Å². The third kappa shape index (κ3) is 6.11. The Hall–Kier alpha value is -2.48. The van der Waals surface area contributed by atoms with Gasteiger partial charge in [-0.05, 0) is 31.2 Å². The van der Waals surface area contributed by atoms with Gasteiger partial charge >= 0.3 is 0 Å². The van der Waals surface area contributed by atoms with E-state index < -0.39 is 0 Å². The minimum atomic E-state index is -0.261. The van der Waals surface area contributed by atoms with Gasteiger partial charge in [0, 0.05) is 23.9 Å². The van der Waals surface area contributed by atoms with Crippen LogP contribution in [0.2, 0.25) is 0 Å². The van der Waals surface area contributed by atoms with E-state index >= 15 is 0 Å². The van der Waals surface area contributed by atoms with Crippen LogP contribution in [0, 0.1) is 0 Å². The first-order chi connectivity index (χ1) is 12.3. The Labute approximate surface area is 157 Å². The molecule has 2 aromatic rings. The maximum atomic E-state index is 12.0. The molecule has 26 heavy (non-hydrogen) atoms. The quantitative estimate of drug-likeness (QED) is 0.770. The zero-order valence-electron chi connectivity index (χ0n) is 15.5. The molecule has 1 aromatic carbocycles. The van der Waals surface area contributed by atoms with Crippen molar-refractivity contribution >= 4 is 34.0 Å². The molecule has 0 saturated carbocycles.